The molecule has 0 spiro atoms. The maximum absolute atomic E-state index is 12.5. The average Bonchev–Trinajstić information content (AvgIpc) is 3.21. The van der Waals surface area contributed by atoms with E-state index in [4.69, 9.17) is 4.74 Å². The Bertz CT molecular complexity index is 1220. The van der Waals surface area contributed by atoms with E-state index in [2.05, 4.69) is 16.0 Å². The van der Waals surface area contributed by atoms with Crippen LogP contribution in [0, 0.1) is 0 Å². The van der Waals surface area contributed by atoms with Crippen LogP contribution in [0.3, 0.4) is 0 Å². The van der Waals surface area contributed by atoms with Crippen molar-refractivity contribution < 1.29 is 14.3 Å². The molecule has 0 unspecified atom stereocenters. The molecule has 2 aromatic carbocycles. The molecule has 0 saturated heterocycles. The van der Waals surface area contributed by atoms with Gasteiger partial charge in [-0.2, -0.15) is 0 Å². The summed E-state index contributed by atoms with van der Waals surface area (Å²) in [6.45, 7) is 0. The van der Waals surface area contributed by atoms with Gasteiger partial charge in [0.2, 0.25) is 0 Å². The average molecular weight is 624 g/mol. The van der Waals surface area contributed by atoms with Gasteiger partial charge >= 0.3 is 197 Å². The molecule has 3 aromatic rings. The van der Waals surface area contributed by atoms with Crippen molar-refractivity contribution in [2.75, 3.05) is 11.9 Å². The number of nitrogens with zero attached hydrogens (tertiary/aromatic N) is 3. The van der Waals surface area contributed by atoms with Crippen LogP contribution in [0.15, 0.2) is 71.2 Å². The predicted molar refractivity (Wildman–Crippen MR) is 117 cm³/mol. The maximum atomic E-state index is 12.5. The third-order valence-corrected chi connectivity index (χ3v) is 8.75. The normalized spacial score (nSPS) is 16.8. The molecule has 6 nitrogen and oxygen atoms in total. The van der Waals surface area contributed by atoms with Crippen LogP contribution in [0.1, 0.15) is 3.58 Å². The van der Waals surface area contributed by atoms with Crippen molar-refractivity contribution in [3.63, 3.8) is 0 Å². The molecule has 2 aliphatic rings. The molecular formula is C22H14N3O3Te2. The molecule has 0 N–H and O–H groups in total. The van der Waals surface area contributed by atoms with E-state index in [1.54, 1.807) is 35.4 Å². The molecular weight excluding hydrogens is 609 g/mol. The fourth-order valence-electron chi connectivity index (χ4n) is 3.33. The molecule has 5 rings (SSSR count). The summed E-state index contributed by atoms with van der Waals surface area (Å²) in [5, 5.41) is 0. The van der Waals surface area contributed by atoms with Crippen LogP contribution in [0.2, 0.25) is 0 Å². The minimum absolute atomic E-state index is 0.124. The topological polar surface area (TPSA) is 62.2 Å². The molecule has 30 heavy (non-hydrogen) atoms. The van der Waals surface area contributed by atoms with Crippen LogP contribution in [0.5, 0.6) is 11.5 Å². The van der Waals surface area contributed by atoms with E-state index in [-0.39, 0.29) is 11.5 Å². The van der Waals surface area contributed by atoms with Gasteiger partial charge in [-0.15, -0.1) is 0 Å². The Labute approximate surface area is 196 Å². The first-order valence-electron chi connectivity index (χ1n) is 9.08. The summed E-state index contributed by atoms with van der Waals surface area (Å²) in [6, 6.07) is 20.0. The molecule has 0 bridgehead atoms. The number of aliphatic imine (C=N–C) groups is 1. The number of ether oxygens (including phenoxy) is 1. The van der Waals surface area contributed by atoms with Crippen LogP contribution < -0.4 is 9.64 Å². The van der Waals surface area contributed by atoms with Gasteiger partial charge in [-0.1, -0.05) is 0 Å². The van der Waals surface area contributed by atoms with Crippen LogP contribution in [-0.2, 0) is 9.59 Å². The van der Waals surface area contributed by atoms with Gasteiger partial charge in [-0.25, -0.2) is 0 Å². The second kappa shape index (κ2) is 7.72. The molecule has 0 saturated carbocycles. The first-order valence-corrected chi connectivity index (χ1v) is 12.6. The van der Waals surface area contributed by atoms with E-state index >= 15 is 0 Å². The fraction of sp³-hybridized carbons (Fsp3) is 0.0455. The zero-order valence-corrected chi connectivity index (χ0v) is 20.4. The number of likely N-dealkylation sites (N-methyl/N-ethyl adjacent to an activating group) is 1. The third-order valence-electron chi connectivity index (χ3n) is 4.80. The number of hydrogen-bond donors (Lipinski definition) is 0. The van der Waals surface area contributed by atoms with Crippen molar-refractivity contribution in [1.29, 1.82) is 0 Å². The third kappa shape index (κ3) is 3.31. The van der Waals surface area contributed by atoms with E-state index in [9.17, 15) is 9.59 Å². The van der Waals surface area contributed by atoms with Crippen molar-refractivity contribution in [3.8, 4) is 11.5 Å². The number of amidine groups is 1. The first kappa shape index (κ1) is 19.6. The Morgan fingerprint density at radius 1 is 0.967 bits per heavy atom. The number of carbonyl (C=O) groups is 2. The van der Waals surface area contributed by atoms with Crippen molar-refractivity contribution in [2.24, 2.45) is 4.99 Å². The number of rotatable bonds is 2. The van der Waals surface area contributed by atoms with E-state index in [0.717, 1.165) is 26.5 Å². The molecule has 1 radical (unpaired) electrons. The van der Waals surface area contributed by atoms with Gasteiger partial charge in [-0.05, 0) is 0 Å². The van der Waals surface area contributed by atoms with Gasteiger partial charge in [0.15, 0.2) is 0 Å². The first-order chi connectivity index (χ1) is 14.5. The van der Waals surface area contributed by atoms with Crippen LogP contribution in [0.4, 0.5) is 15.1 Å². The van der Waals surface area contributed by atoms with Gasteiger partial charge in [0.05, 0.1) is 0 Å². The molecule has 2 amide bonds. The monoisotopic (exact) mass is 628 g/mol. The number of para-hydroxylation sites is 4. The quantitative estimate of drug-likeness (QED) is 0.196. The predicted octanol–water partition coefficient (Wildman–Crippen LogP) is 3.23. The summed E-state index contributed by atoms with van der Waals surface area (Å²) < 4.78 is 8.68. The summed E-state index contributed by atoms with van der Waals surface area (Å²) in [5.41, 5.74) is 2.10. The van der Waals surface area contributed by atoms with Crippen molar-refractivity contribution in [1.82, 2.24) is 4.90 Å². The van der Waals surface area contributed by atoms with E-state index < -0.39 is 26.3 Å². The van der Waals surface area contributed by atoms with E-state index in [0.29, 0.717) is 3.88 Å². The van der Waals surface area contributed by atoms with Gasteiger partial charge in [0.1, 0.15) is 0 Å². The molecule has 0 aliphatic carbocycles. The molecule has 0 atom stereocenters. The van der Waals surface area contributed by atoms with Crippen molar-refractivity contribution in [2.45, 2.75) is 0 Å². The second-order valence-corrected chi connectivity index (χ2v) is 10.8. The van der Waals surface area contributed by atoms with Crippen LogP contribution in [-0.4, -0.2) is 70.4 Å². The van der Waals surface area contributed by atoms with Gasteiger partial charge in [-0.3, -0.25) is 0 Å². The van der Waals surface area contributed by atoms with Gasteiger partial charge in [0, 0.05) is 0 Å². The minimum atomic E-state index is -0.831. The van der Waals surface area contributed by atoms with E-state index in [1.165, 1.54) is 8.60 Å². The SMILES string of the molecule is CN1C(=O)/C(=C/c2ccc(N3c4ccccc4Oc4ccccc43)[te]2)C(=O)N=C1[Te]. The fourth-order valence-corrected chi connectivity index (χ4v) is 6.59. The number of anilines is 3. The molecule has 0 fully saturated rings. The molecule has 8 heteroatoms. The summed E-state index contributed by atoms with van der Waals surface area (Å²) >= 11 is 0.745. The zero-order chi connectivity index (χ0) is 20.8. The summed E-state index contributed by atoms with van der Waals surface area (Å²) in [5.74, 6) is 0.836. The van der Waals surface area contributed by atoms with Gasteiger partial charge in [0.25, 0.3) is 0 Å². The Hall–Kier alpha value is -2.35. The summed E-state index contributed by atoms with van der Waals surface area (Å²) in [4.78, 5) is 32.4. The van der Waals surface area contributed by atoms with Crippen LogP contribution >= 0.6 is 0 Å². The van der Waals surface area contributed by atoms with Crippen molar-refractivity contribution in [3.05, 3.63) is 69.8 Å². The van der Waals surface area contributed by atoms with E-state index in [1.807, 2.05) is 54.6 Å². The molecule has 2 aliphatic heterocycles. The number of fused-ring (bicyclic) bond motifs is 2. The number of carbonyl (C=O) groups excluding carboxylic acids is 2. The standard InChI is InChI=1S/C22H14N3O3Te2/c1-24-21(27)14(20(26)23-22(24)29)12-13-10-11-19(30-13)25-15-6-2-4-8-17(15)28-18-9-5-3-7-16(18)25/h2-12H,1H3/b14-12+. The Kier molecular flexibility index (Phi) is 5.05. The number of hydrogen-bond acceptors (Lipinski definition) is 4. The van der Waals surface area contributed by atoms with Crippen molar-refractivity contribution >= 4 is 79.6 Å². The Balaban J connectivity index is 1.57. The van der Waals surface area contributed by atoms with Crippen LogP contribution in [0.25, 0.3) is 6.08 Å². The number of amides is 2. The Morgan fingerprint density at radius 3 is 2.27 bits per heavy atom. The second-order valence-electron chi connectivity index (χ2n) is 6.67. The molecule has 3 heterocycles. The number of benzene rings is 2. The summed E-state index contributed by atoms with van der Waals surface area (Å²) in [6.07, 6.45) is 1.71. The molecule has 147 valence electrons. The molecule has 1 aromatic heterocycles. The zero-order valence-electron chi connectivity index (χ0n) is 15.7. The summed E-state index contributed by atoms with van der Waals surface area (Å²) in [7, 11) is 1.63. The van der Waals surface area contributed by atoms with Gasteiger partial charge < -0.3 is 0 Å². The Morgan fingerprint density at radius 2 is 1.60 bits per heavy atom.